The molecule has 3 rings (SSSR count). The molecule has 3 heterocycles. The molecule has 6 heteroatoms. The summed E-state index contributed by atoms with van der Waals surface area (Å²) in [5.41, 5.74) is 4.04. The van der Waals surface area contributed by atoms with Crippen LogP contribution in [0, 0.1) is 20.8 Å². The molecule has 0 aliphatic carbocycles. The van der Waals surface area contributed by atoms with Crippen LogP contribution < -0.4 is 5.32 Å². The van der Waals surface area contributed by atoms with E-state index in [0.29, 0.717) is 0 Å². The minimum atomic E-state index is 0.148. The molecule has 0 aliphatic heterocycles. The maximum Gasteiger partial charge on any atom is 0.160 e. The van der Waals surface area contributed by atoms with Crippen LogP contribution in [0.5, 0.6) is 0 Å². The molecule has 3 aromatic heterocycles. The number of fused-ring (bicyclic) bond motifs is 1. The van der Waals surface area contributed by atoms with Crippen molar-refractivity contribution in [2.24, 2.45) is 7.05 Å². The van der Waals surface area contributed by atoms with Crippen LogP contribution in [0.3, 0.4) is 0 Å². The number of nitrogens with zero attached hydrogens (tertiary/aromatic N) is 5. The highest BCUT2D eigenvalue weighted by molar-refractivity contribution is 5.56. The van der Waals surface area contributed by atoms with Crippen LogP contribution in [-0.2, 0) is 7.05 Å². The van der Waals surface area contributed by atoms with Crippen LogP contribution >= 0.6 is 0 Å². The first-order valence-electron chi connectivity index (χ1n) is 8.08. The van der Waals surface area contributed by atoms with E-state index in [9.17, 15) is 0 Å². The lowest BCUT2D eigenvalue weighted by Gasteiger charge is -2.20. The topological polar surface area (TPSA) is 60.0 Å². The van der Waals surface area contributed by atoms with E-state index in [-0.39, 0.29) is 6.04 Å². The maximum atomic E-state index is 4.64. The average Bonchev–Trinajstić information content (AvgIpc) is 3.05. The summed E-state index contributed by atoms with van der Waals surface area (Å²) < 4.78 is 3.97. The van der Waals surface area contributed by atoms with Crippen molar-refractivity contribution in [2.75, 3.05) is 5.32 Å². The maximum absolute atomic E-state index is 4.64. The van der Waals surface area contributed by atoms with Gasteiger partial charge in [0.1, 0.15) is 11.6 Å². The highest BCUT2D eigenvalue weighted by Crippen LogP contribution is 2.25. The van der Waals surface area contributed by atoms with Crippen molar-refractivity contribution in [1.29, 1.82) is 0 Å². The minimum absolute atomic E-state index is 0.148. The molecule has 3 aromatic rings. The van der Waals surface area contributed by atoms with Crippen LogP contribution in [-0.4, -0.2) is 24.1 Å². The molecule has 23 heavy (non-hydrogen) atoms. The molecule has 122 valence electrons. The van der Waals surface area contributed by atoms with Crippen molar-refractivity contribution >= 4 is 11.5 Å². The zero-order valence-electron chi connectivity index (χ0n) is 14.5. The highest BCUT2D eigenvalue weighted by atomic mass is 15.3. The van der Waals surface area contributed by atoms with E-state index in [1.54, 1.807) is 0 Å². The molecular weight excluding hydrogens is 288 g/mol. The Morgan fingerprint density at radius 3 is 2.70 bits per heavy atom. The summed E-state index contributed by atoms with van der Waals surface area (Å²) >= 11 is 0. The van der Waals surface area contributed by atoms with Gasteiger partial charge in [0.15, 0.2) is 5.65 Å². The third-order valence-corrected chi connectivity index (χ3v) is 4.25. The quantitative estimate of drug-likeness (QED) is 0.785. The van der Waals surface area contributed by atoms with Crippen molar-refractivity contribution in [3.8, 4) is 0 Å². The van der Waals surface area contributed by atoms with Gasteiger partial charge in [0.25, 0.3) is 0 Å². The van der Waals surface area contributed by atoms with Crippen LogP contribution in [0.2, 0.25) is 0 Å². The Hall–Kier alpha value is -2.37. The molecule has 0 spiro atoms. The Morgan fingerprint density at radius 2 is 2.04 bits per heavy atom. The summed E-state index contributed by atoms with van der Waals surface area (Å²) in [7, 11) is 2.03. The second kappa shape index (κ2) is 6.02. The van der Waals surface area contributed by atoms with E-state index in [2.05, 4.69) is 38.8 Å². The summed E-state index contributed by atoms with van der Waals surface area (Å²) in [5.74, 6) is 2.00. The molecule has 1 atom stereocenters. The van der Waals surface area contributed by atoms with Gasteiger partial charge in [-0.25, -0.2) is 9.97 Å². The first-order valence-corrected chi connectivity index (χ1v) is 8.08. The fourth-order valence-corrected chi connectivity index (χ4v) is 2.90. The van der Waals surface area contributed by atoms with E-state index in [1.807, 2.05) is 43.9 Å². The zero-order chi connectivity index (χ0) is 16.6. The second-order valence-electron chi connectivity index (χ2n) is 6.11. The Balaban J connectivity index is 2.05. The van der Waals surface area contributed by atoms with Crippen molar-refractivity contribution in [3.63, 3.8) is 0 Å². The van der Waals surface area contributed by atoms with E-state index in [0.717, 1.165) is 47.1 Å². The van der Waals surface area contributed by atoms with Gasteiger partial charge in [0.05, 0.1) is 11.7 Å². The number of aromatic nitrogens is 5. The Morgan fingerprint density at radius 1 is 1.26 bits per heavy atom. The standard InChI is InChI=1S/C17H24N6/c1-6-7-14(17-18-8-9-22(17)5)20-15-10-11(2)19-16-12(3)13(4)21-23(15)16/h8-10,14,20H,6-7H2,1-5H3/t14-/m1/s1. The summed E-state index contributed by atoms with van der Waals surface area (Å²) in [6, 6.07) is 2.19. The first kappa shape index (κ1) is 15.5. The van der Waals surface area contributed by atoms with Gasteiger partial charge in [-0.2, -0.15) is 9.61 Å². The third kappa shape index (κ3) is 2.81. The normalized spacial score (nSPS) is 12.7. The molecule has 0 radical (unpaired) electrons. The number of imidazole rings is 1. The lowest BCUT2D eigenvalue weighted by molar-refractivity contribution is 0.608. The number of aryl methyl sites for hydroxylation is 4. The monoisotopic (exact) mass is 312 g/mol. The van der Waals surface area contributed by atoms with Gasteiger partial charge in [-0.15, -0.1) is 0 Å². The fraction of sp³-hybridized carbons (Fsp3) is 0.471. The minimum Gasteiger partial charge on any atom is -0.360 e. The van der Waals surface area contributed by atoms with Crippen LogP contribution in [0.15, 0.2) is 18.5 Å². The van der Waals surface area contributed by atoms with Crippen molar-refractivity contribution < 1.29 is 0 Å². The molecule has 0 amide bonds. The first-order chi connectivity index (χ1) is 11.0. The van der Waals surface area contributed by atoms with Gasteiger partial charge in [0, 0.05) is 36.8 Å². The second-order valence-corrected chi connectivity index (χ2v) is 6.11. The van der Waals surface area contributed by atoms with E-state index >= 15 is 0 Å². The number of hydrogen-bond donors (Lipinski definition) is 1. The largest absolute Gasteiger partial charge is 0.360 e. The van der Waals surface area contributed by atoms with Gasteiger partial charge in [-0.05, 0) is 27.2 Å². The van der Waals surface area contributed by atoms with Crippen molar-refractivity contribution in [2.45, 2.75) is 46.6 Å². The molecule has 1 N–H and O–H groups in total. The molecular formula is C17H24N6. The number of rotatable bonds is 5. The average molecular weight is 312 g/mol. The van der Waals surface area contributed by atoms with Crippen molar-refractivity contribution in [1.82, 2.24) is 24.1 Å². The number of anilines is 1. The predicted molar refractivity (Wildman–Crippen MR) is 91.7 cm³/mol. The smallest absolute Gasteiger partial charge is 0.160 e. The van der Waals surface area contributed by atoms with Crippen LogP contribution in [0.4, 0.5) is 5.82 Å². The predicted octanol–water partition coefficient (Wildman–Crippen LogP) is 3.34. The van der Waals surface area contributed by atoms with Gasteiger partial charge < -0.3 is 9.88 Å². The fourth-order valence-electron chi connectivity index (χ4n) is 2.90. The number of hydrogen-bond acceptors (Lipinski definition) is 4. The zero-order valence-corrected chi connectivity index (χ0v) is 14.5. The lowest BCUT2D eigenvalue weighted by Crippen LogP contribution is -2.17. The highest BCUT2D eigenvalue weighted by Gasteiger charge is 2.18. The van der Waals surface area contributed by atoms with Crippen LogP contribution in [0.1, 0.15) is 48.6 Å². The molecule has 0 fully saturated rings. The molecule has 0 saturated heterocycles. The molecule has 0 saturated carbocycles. The molecule has 0 aliphatic rings. The van der Waals surface area contributed by atoms with Crippen LogP contribution in [0.25, 0.3) is 5.65 Å². The Labute approximate surface area is 136 Å². The third-order valence-electron chi connectivity index (χ3n) is 4.25. The van der Waals surface area contributed by atoms with Gasteiger partial charge >= 0.3 is 0 Å². The molecule has 6 nitrogen and oxygen atoms in total. The van der Waals surface area contributed by atoms with Gasteiger partial charge in [-0.3, -0.25) is 0 Å². The van der Waals surface area contributed by atoms with E-state index in [4.69, 9.17) is 0 Å². The SMILES string of the molecule is CCC[C@@H](Nc1cc(C)nc2c(C)c(C)nn12)c1nccn1C. The summed E-state index contributed by atoms with van der Waals surface area (Å²) in [5, 5.41) is 8.26. The summed E-state index contributed by atoms with van der Waals surface area (Å²) in [6.07, 6.45) is 5.91. The van der Waals surface area contributed by atoms with Gasteiger partial charge in [-0.1, -0.05) is 13.3 Å². The van der Waals surface area contributed by atoms with Gasteiger partial charge in [0.2, 0.25) is 0 Å². The lowest BCUT2D eigenvalue weighted by atomic mass is 10.1. The molecule has 0 unspecified atom stereocenters. The summed E-state index contributed by atoms with van der Waals surface area (Å²) in [6.45, 7) is 8.29. The van der Waals surface area contributed by atoms with E-state index < -0.39 is 0 Å². The van der Waals surface area contributed by atoms with Crippen molar-refractivity contribution in [3.05, 3.63) is 41.2 Å². The number of nitrogens with one attached hydrogen (secondary N) is 1. The molecule has 0 aromatic carbocycles. The van der Waals surface area contributed by atoms with E-state index in [1.165, 1.54) is 0 Å². The molecule has 0 bridgehead atoms. The Bertz CT molecular complexity index is 829. The Kier molecular flexibility index (Phi) is 4.07. The summed E-state index contributed by atoms with van der Waals surface area (Å²) in [4.78, 5) is 9.14.